The number of methoxy groups -OCH3 is 1. The van der Waals surface area contributed by atoms with Crippen LogP contribution in [0, 0.1) is 0 Å². The summed E-state index contributed by atoms with van der Waals surface area (Å²) in [6.07, 6.45) is 1.99. The summed E-state index contributed by atoms with van der Waals surface area (Å²) in [6.45, 7) is 6.10. The van der Waals surface area contributed by atoms with Crippen molar-refractivity contribution in [1.82, 2.24) is 0 Å². The third-order valence-corrected chi connectivity index (χ3v) is 2.61. The molecule has 1 atom stereocenters. The number of nitrogens with two attached hydrogens (primary N) is 1. The van der Waals surface area contributed by atoms with E-state index in [0.29, 0.717) is 0 Å². The lowest BCUT2D eigenvalue weighted by atomic mass is 10.0. The van der Waals surface area contributed by atoms with E-state index in [2.05, 4.69) is 13.0 Å². The van der Waals surface area contributed by atoms with Crippen LogP contribution in [0.25, 0.3) is 0 Å². The van der Waals surface area contributed by atoms with E-state index in [0.717, 1.165) is 24.3 Å². The molecule has 0 aliphatic rings. The van der Waals surface area contributed by atoms with Gasteiger partial charge in [-0.3, -0.25) is 0 Å². The molecule has 0 aliphatic carbocycles. The number of hydrogen-bond acceptors (Lipinski definition) is 3. The summed E-state index contributed by atoms with van der Waals surface area (Å²) in [5.74, 6) is 1.57. The molecule has 0 aromatic heterocycles. The molecule has 0 saturated carbocycles. The zero-order chi connectivity index (χ0) is 12.8. The molecule has 1 aromatic carbocycles. The molecule has 0 amide bonds. The molecule has 0 spiro atoms. The quantitative estimate of drug-likeness (QED) is 0.827. The van der Waals surface area contributed by atoms with Gasteiger partial charge in [-0.05, 0) is 44.4 Å². The van der Waals surface area contributed by atoms with Crippen LogP contribution in [0.3, 0.4) is 0 Å². The Morgan fingerprint density at radius 2 is 1.94 bits per heavy atom. The van der Waals surface area contributed by atoms with Gasteiger partial charge in [0.2, 0.25) is 0 Å². The smallest absolute Gasteiger partial charge is 0.161 e. The molecular formula is C14H23NO2. The van der Waals surface area contributed by atoms with Crippen LogP contribution in [0.1, 0.15) is 32.8 Å². The normalized spacial score (nSPS) is 12.6. The van der Waals surface area contributed by atoms with Crippen molar-refractivity contribution in [2.75, 3.05) is 7.11 Å². The fraction of sp³-hybridized carbons (Fsp3) is 0.571. The van der Waals surface area contributed by atoms with Crippen LogP contribution in [0.15, 0.2) is 18.2 Å². The minimum absolute atomic E-state index is 0.146. The van der Waals surface area contributed by atoms with Crippen molar-refractivity contribution in [2.45, 2.75) is 45.8 Å². The minimum Gasteiger partial charge on any atom is -0.493 e. The van der Waals surface area contributed by atoms with Gasteiger partial charge >= 0.3 is 0 Å². The molecule has 1 rings (SSSR count). The standard InChI is InChI=1S/C14H23NO2/c1-5-12(15)8-11-6-7-13(17-10(2)3)14(9-11)16-4/h6-7,9-10,12H,5,8,15H2,1-4H3. The van der Waals surface area contributed by atoms with Crippen molar-refractivity contribution in [2.24, 2.45) is 5.73 Å². The zero-order valence-corrected chi connectivity index (χ0v) is 11.2. The molecular weight excluding hydrogens is 214 g/mol. The monoisotopic (exact) mass is 237 g/mol. The SMILES string of the molecule is CCC(N)Cc1ccc(OC(C)C)c(OC)c1. The van der Waals surface area contributed by atoms with E-state index in [1.54, 1.807) is 7.11 Å². The average molecular weight is 237 g/mol. The molecule has 0 saturated heterocycles. The maximum Gasteiger partial charge on any atom is 0.161 e. The van der Waals surface area contributed by atoms with Crippen LogP contribution >= 0.6 is 0 Å². The van der Waals surface area contributed by atoms with Crippen LogP contribution < -0.4 is 15.2 Å². The molecule has 0 fully saturated rings. The third-order valence-electron chi connectivity index (χ3n) is 2.61. The van der Waals surface area contributed by atoms with E-state index >= 15 is 0 Å². The van der Waals surface area contributed by atoms with Crippen LogP contribution in [0.2, 0.25) is 0 Å². The summed E-state index contributed by atoms with van der Waals surface area (Å²) >= 11 is 0. The van der Waals surface area contributed by atoms with Crippen molar-refractivity contribution >= 4 is 0 Å². The van der Waals surface area contributed by atoms with E-state index < -0.39 is 0 Å². The van der Waals surface area contributed by atoms with Gasteiger partial charge in [-0.15, -0.1) is 0 Å². The molecule has 17 heavy (non-hydrogen) atoms. The molecule has 3 heteroatoms. The van der Waals surface area contributed by atoms with E-state index in [1.165, 1.54) is 5.56 Å². The van der Waals surface area contributed by atoms with Gasteiger partial charge < -0.3 is 15.2 Å². The van der Waals surface area contributed by atoms with Crippen molar-refractivity contribution in [1.29, 1.82) is 0 Å². The van der Waals surface area contributed by atoms with E-state index in [4.69, 9.17) is 15.2 Å². The van der Waals surface area contributed by atoms with Crippen LogP contribution in [0.5, 0.6) is 11.5 Å². The van der Waals surface area contributed by atoms with Crippen molar-refractivity contribution in [3.8, 4) is 11.5 Å². The maximum absolute atomic E-state index is 5.94. The van der Waals surface area contributed by atoms with E-state index in [9.17, 15) is 0 Å². The van der Waals surface area contributed by atoms with Gasteiger partial charge in [-0.2, -0.15) is 0 Å². The summed E-state index contributed by atoms with van der Waals surface area (Å²) in [4.78, 5) is 0. The molecule has 0 heterocycles. The minimum atomic E-state index is 0.146. The van der Waals surface area contributed by atoms with Crippen LogP contribution in [-0.2, 0) is 6.42 Å². The van der Waals surface area contributed by atoms with Crippen molar-refractivity contribution in [3.05, 3.63) is 23.8 Å². The Morgan fingerprint density at radius 3 is 2.47 bits per heavy atom. The first-order chi connectivity index (χ1) is 8.06. The summed E-state index contributed by atoms with van der Waals surface area (Å²) < 4.78 is 11.0. The van der Waals surface area contributed by atoms with E-state index in [-0.39, 0.29) is 12.1 Å². The highest BCUT2D eigenvalue weighted by atomic mass is 16.5. The Bertz CT molecular complexity index is 350. The number of rotatable bonds is 6. The summed E-state index contributed by atoms with van der Waals surface area (Å²) in [5, 5.41) is 0. The lowest BCUT2D eigenvalue weighted by Gasteiger charge is -2.15. The molecule has 0 radical (unpaired) electrons. The fourth-order valence-corrected chi connectivity index (χ4v) is 1.64. The molecule has 2 N–H and O–H groups in total. The van der Waals surface area contributed by atoms with Gasteiger partial charge in [-0.25, -0.2) is 0 Å². The van der Waals surface area contributed by atoms with Crippen molar-refractivity contribution < 1.29 is 9.47 Å². The highest BCUT2D eigenvalue weighted by Crippen LogP contribution is 2.29. The molecule has 3 nitrogen and oxygen atoms in total. The van der Waals surface area contributed by atoms with Gasteiger partial charge in [0.1, 0.15) is 0 Å². The third kappa shape index (κ3) is 4.27. The summed E-state index contributed by atoms with van der Waals surface area (Å²) in [7, 11) is 1.66. The second-order valence-corrected chi connectivity index (χ2v) is 4.52. The first-order valence-electron chi connectivity index (χ1n) is 6.16. The van der Waals surface area contributed by atoms with Gasteiger partial charge in [0, 0.05) is 6.04 Å². The zero-order valence-electron chi connectivity index (χ0n) is 11.2. The van der Waals surface area contributed by atoms with Crippen LogP contribution in [0.4, 0.5) is 0 Å². The van der Waals surface area contributed by atoms with E-state index in [1.807, 2.05) is 26.0 Å². The highest BCUT2D eigenvalue weighted by Gasteiger charge is 2.09. The second-order valence-electron chi connectivity index (χ2n) is 4.52. The molecule has 0 aliphatic heterocycles. The second kappa shape index (κ2) is 6.50. The molecule has 1 unspecified atom stereocenters. The first kappa shape index (κ1) is 13.8. The largest absolute Gasteiger partial charge is 0.493 e. The Balaban J connectivity index is 2.84. The summed E-state index contributed by atoms with van der Waals surface area (Å²) in [6, 6.07) is 6.22. The van der Waals surface area contributed by atoms with Crippen LogP contribution in [-0.4, -0.2) is 19.3 Å². The maximum atomic E-state index is 5.94. The lowest BCUT2D eigenvalue weighted by molar-refractivity contribution is 0.230. The van der Waals surface area contributed by atoms with Gasteiger partial charge in [0.25, 0.3) is 0 Å². The Hall–Kier alpha value is -1.22. The fourth-order valence-electron chi connectivity index (χ4n) is 1.64. The number of ether oxygens (including phenoxy) is 2. The highest BCUT2D eigenvalue weighted by molar-refractivity contribution is 5.43. The Labute approximate surface area is 104 Å². The number of benzene rings is 1. The van der Waals surface area contributed by atoms with Gasteiger partial charge in [-0.1, -0.05) is 13.0 Å². The number of hydrogen-bond donors (Lipinski definition) is 1. The van der Waals surface area contributed by atoms with Gasteiger partial charge in [0.05, 0.1) is 13.2 Å². The first-order valence-corrected chi connectivity index (χ1v) is 6.16. The Morgan fingerprint density at radius 1 is 1.24 bits per heavy atom. The predicted molar refractivity (Wildman–Crippen MR) is 70.7 cm³/mol. The van der Waals surface area contributed by atoms with Gasteiger partial charge in [0.15, 0.2) is 11.5 Å². The molecule has 0 bridgehead atoms. The summed E-state index contributed by atoms with van der Waals surface area (Å²) in [5.41, 5.74) is 7.13. The molecule has 1 aromatic rings. The molecule has 96 valence electrons. The predicted octanol–water partition coefficient (Wildman–Crippen LogP) is 2.76. The average Bonchev–Trinajstić information content (AvgIpc) is 2.30. The Kier molecular flexibility index (Phi) is 5.29. The van der Waals surface area contributed by atoms with Crippen molar-refractivity contribution in [3.63, 3.8) is 0 Å². The topological polar surface area (TPSA) is 44.5 Å². The lowest BCUT2D eigenvalue weighted by Crippen LogP contribution is -2.21.